The molecule has 1 aliphatic carbocycles. The highest BCUT2D eigenvalue weighted by atomic mass is 16.4. The fourth-order valence-electron chi connectivity index (χ4n) is 2.45. The fraction of sp³-hybridized carbons (Fsp3) is 0.667. The van der Waals surface area contributed by atoms with Gasteiger partial charge in [0.1, 0.15) is 0 Å². The lowest BCUT2D eigenvalue weighted by Gasteiger charge is -2.32. The molecule has 1 heterocycles. The van der Waals surface area contributed by atoms with Crippen LogP contribution in [0, 0.1) is 0 Å². The van der Waals surface area contributed by atoms with Crippen molar-refractivity contribution in [3.8, 4) is 0 Å². The Hall–Kier alpha value is -0.575. The normalized spacial score (nSPS) is 23.2. The number of nitrogens with zero attached hydrogens (tertiary/aromatic N) is 1. The Labute approximate surface area is 97.6 Å². The summed E-state index contributed by atoms with van der Waals surface area (Å²) in [6, 6.07) is 0. The quantitative estimate of drug-likeness (QED) is 0.704. The molecule has 0 saturated carbocycles. The number of allylic oxidation sites excluding steroid dienone is 2. The molecule has 1 saturated heterocycles. The van der Waals surface area contributed by atoms with Gasteiger partial charge in [0, 0.05) is 6.54 Å². The fourth-order valence-corrected chi connectivity index (χ4v) is 2.45. The second-order valence-corrected chi connectivity index (χ2v) is 4.79. The number of hydrogen-bond acceptors (Lipinski definition) is 3. The van der Waals surface area contributed by atoms with Crippen LogP contribution < -0.4 is 0 Å². The molecule has 3 nitrogen and oxygen atoms in total. The molecule has 0 aromatic rings. The van der Waals surface area contributed by atoms with Crippen molar-refractivity contribution in [3.05, 3.63) is 23.8 Å². The van der Waals surface area contributed by atoms with Crippen LogP contribution in [0.1, 0.15) is 25.7 Å². The van der Waals surface area contributed by atoms with Crippen LogP contribution in [0.4, 0.5) is 0 Å². The summed E-state index contributed by atoms with van der Waals surface area (Å²) < 4.78 is 0. The van der Waals surface area contributed by atoms with Crippen LogP contribution in [-0.2, 0) is 0 Å². The topological polar surface area (TPSA) is 43.7 Å². The molecule has 0 unspecified atom stereocenters. The van der Waals surface area contributed by atoms with Crippen LogP contribution in [-0.4, -0.2) is 41.7 Å². The Bertz CT molecular complexity index is 281. The molecule has 0 spiro atoms. The van der Waals surface area contributed by atoms with E-state index >= 15 is 0 Å². The van der Waals surface area contributed by atoms with Crippen LogP contribution in [0.5, 0.6) is 0 Å². The minimum Gasteiger partial charge on any atom is -0.427 e. The first kappa shape index (κ1) is 11.9. The monoisotopic (exact) mass is 221 g/mol. The average molecular weight is 221 g/mol. The predicted octanol–water partition coefficient (Wildman–Crippen LogP) is 1.20. The summed E-state index contributed by atoms with van der Waals surface area (Å²) in [5.41, 5.74) is 1.41. The molecule has 0 aromatic carbocycles. The largest absolute Gasteiger partial charge is 0.454 e. The molecule has 0 bridgehead atoms. The van der Waals surface area contributed by atoms with Crippen LogP contribution in [0.3, 0.4) is 0 Å². The zero-order chi connectivity index (χ0) is 11.4. The van der Waals surface area contributed by atoms with E-state index in [1.807, 2.05) is 0 Å². The molecular formula is C12H20BNO2. The van der Waals surface area contributed by atoms with Gasteiger partial charge in [-0.25, -0.2) is 0 Å². The molecule has 2 rings (SSSR count). The Morgan fingerprint density at radius 1 is 1.25 bits per heavy atom. The molecule has 1 fully saturated rings. The van der Waals surface area contributed by atoms with Gasteiger partial charge in [-0.2, -0.15) is 0 Å². The van der Waals surface area contributed by atoms with Gasteiger partial charge in [0.25, 0.3) is 0 Å². The summed E-state index contributed by atoms with van der Waals surface area (Å²) in [7, 11) is -1.13. The maximum absolute atomic E-state index is 9.10. The Balaban J connectivity index is 1.77. The van der Waals surface area contributed by atoms with Gasteiger partial charge < -0.3 is 10.0 Å². The number of likely N-dealkylation sites (tertiary alicyclic amines) is 1. The van der Waals surface area contributed by atoms with E-state index in [-0.39, 0.29) is 5.82 Å². The molecule has 4 heteroatoms. The van der Waals surface area contributed by atoms with E-state index in [1.165, 1.54) is 12.0 Å². The van der Waals surface area contributed by atoms with Gasteiger partial charge in [-0.3, -0.25) is 4.90 Å². The van der Waals surface area contributed by atoms with Crippen LogP contribution in [0.15, 0.2) is 23.8 Å². The molecule has 16 heavy (non-hydrogen) atoms. The van der Waals surface area contributed by atoms with Gasteiger partial charge in [0.15, 0.2) is 0 Å². The van der Waals surface area contributed by atoms with Gasteiger partial charge in [0.2, 0.25) is 0 Å². The van der Waals surface area contributed by atoms with Crippen LogP contribution in [0.2, 0.25) is 5.82 Å². The second kappa shape index (κ2) is 5.66. The number of hydrogen-bond donors (Lipinski definition) is 2. The van der Waals surface area contributed by atoms with Crippen LogP contribution >= 0.6 is 0 Å². The average Bonchev–Trinajstić information content (AvgIpc) is 2.31. The molecule has 0 radical (unpaired) electrons. The van der Waals surface area contributed by atoms with Crippen molar-refractivity contribution in [2.45, 2.75) is 31.5 Å². The van der Waals surface area contributed by atoms with Crippen molar-refractivity contribution in [1.82, 2.24) is 4.90 Å². The molecule has 0 atom stereocenters. The van der Waals surface area contributed by atoms with E-state index in [4.69, 9.17) is 10.0 Å². The molecule has 2 N–H and O–H groups in total. The van der Waals surface area contributed by atoms with Gasteiger partial charge in [-0.05, 0) is 50.2 Å². The highest BCUT2D eigenvalue weighted by molar-refractivity contribution is 6.43. The summed E-state index contributed by atoms with van der Waals surface area (Å²) >= 11 is 0. The van der Waals surface area contributed by atoms with E-state index < -0.39 is 7.12 Å². The molecular weight excluding hydrogens is 201 g/mol. The maximum atomic E-state index is 9.10. The van der Waals surface area contributed by atoms with Crippen molar-refractivity contribution in [2.75, 3.05) is 19.6 Å². The zero-order valence-corrected chi connectivity index (χ0v) is 9.68. The van der Waals surface area contributed by atoms with Crippen LogP contribution in [0.25, 0.3) is 0 Å². The zero-order valence-electron chi connectivity index (χ0n) is 9.68. The van der Waals surface area contributed by atoms with Gasteiger partial charge in [-0.15, -0.1) is 0 Å². The lowest BCUT2D eigenvalue weighted by atomic mass is 9.67. The third kappa shape index (κ3) is 3.21. The molecule has 1 aliphatic heterocycles. The minimum atomic E-state index is -1.13. The SMILES string of the molecule is OB(O)C1CCN(CC2=CCCC=C2)CC1. The van der Waals surface area contributed by atoms with E-state index in [0.29, 0.717) is 0 Å². The number of rotatable bonds is 3. The van der Waals surface area contributed by atoms with Gasteiger partial charge in [0.05, 0.1) is 0 Å². The van der Waals surface area contributed by atoms with Gasteiger partial charge >= 0.3 is 7.12 Å². The molecule has 88 valence electrons. The second-order valence-electron chi connectivity index (χ2n) is 4.79. The first-order valence-electron chi connectivity index (χ1n) is 6.20. The Morgan fingerprint density at radius 2 is 2.00 bits per heavy atom. The molecule has 2 aliphatic rings. The van der Waals surface area contributed by atoms with Gasteiger partial charge in [-0.1, -0.05) is 18.2 Å². The third-order valence-corrected chi connectivity index (χ3v) is 3.53. The smallest absolute Gasteiger partial charge is 0.427 e. The standard InChI is InChI=1S/C12H20BNO2/c15-13(16)12-6-8-14(9-7-12)10-11-4-2-1-3-5-11/h2,4-5,12,15-16H,1,3,6-10H2. The lowest BCUT2D eigenvalue weighted by molar-refractivity contribution is 0.229. The summed E-state index contributed by atoms with van der Waals surface area (Å²) in [6.45, 7) is 2.98. The minimum absolute atomic E-state index is 0.0760. The molecule has 0 aromatic heterocycles. The van der Waals surface area contributed by atoms with E-state index in [9.17, 15) is 0 Å². The number of piperidine rings is 1. The lowest BCUT2D eigenvalue weighted by Crippen LogP contribution is -2.37. The first-order valence-corrected chi connectivity index (χ1v) is 6.20. The van der Waals surface area contributed by atoms with Crippen molar-refractivity contribution in [1.29, 1.82) is 0 Å². The van der Waals surface area contributed by atoms with Crippen molar-refractivity contribution in [3.63, 3.8) is 0 Å². The predicted molar refractivity (Wildman–Crippen MR) is 66.1 cm³/mol. The summed E-state index contributed by atoms with van der Waals surface area (Å²) in [4.78, 5) is 2.40. The maximum Gasteiger partial charge on any atom is 0.454 e. The van der Waals surface area contributed by atoms with Crippen molar-refractivity contribution >= 4 is 7.12 Å². The highest BCUT2D eigenvalue weighted by Crippen LogP contribution is 2.24. The summed E-state index contributed by atoms with van der Waals surface area (Å²) in [5.74, 6) is 0.0760. The molecule has 0 amide bonds. The van der Waals surface area contributed by atoms with Crippen molar-refractivity contribution in [2.24, 2.45) is 0 Å². The Morgan fingerprint density at radius 3 is 2.56 bits per heavy atom. The first-order chi connectivity index (χ1) is 7.75. The Kier molecular flexibility index (Phi) is 4.21. The van der Waals surface area contributed by atoms with E-state index in [0.717, 1.165) is 38.9 Å². The summed E-state index contributed by atoms with van der Waals surface area (Å²) in [5, 5.41) is 18.2. The highest BCUT2D eigenvalue weighted by Gasteiger charge is 2.27. The van der Waals surface area contributed by atoms with E-state index in [1.54, 1.807) is 0 Å². The summed E-state index contributed by atoms with van der Waals surface area (Å²) in [6.07, 6.45) is 10.9. The third-order valence-electron chi connectivity index (χ3n) is 3.53. The van der Waals surface area contributed by atoms with E-state index in [2.05, 4.69) is 23.1 Å². The van der Waals surface area contributed by atoms with Crippen molar-refractivity contribution < 1.29 is 10.0 Å².